The molecule has 3 N–H and O–H groups in total. The summed E-state index contributed by atoms with van der Waals surface area (Å²) < 4.78 is 28.8. The van der Waals surface area contributed by atoms with Crippen molar-refractivity contribution in [1.82, 2.24) is 25.0 Å². The Hall–Kier alpha value is -2.98. The molecule has 0 atom stereocenters. The Morgan fingerprint density at radius 2 is 1.80 bits per heavy atom. The molecule has 0 saturated carbocycles. The lowest BCUT2D eigenvalue weighted by molar-refractivity contribution is 0.251. The molecule has 0 bridgehead atoms. The Labute approximate surface area is 175 Å². The van der Waals surface area contributed by atoms with Gasteiger partial charge in [0.05, 0.1) is 17.0 Å². The molecule has 0 unspecified atom stereocenters. The number of nitrogens with one attached hydrogen (secondary N) is 3. The van der Waals surface area contributed by atoms with Gasteiger partial charge in [0, 0.05) is 18.3 Å². The summed E-state index contributed by atoms with van der Waals surface area (Å²) in [5, 5.41) is 13.7. The monoisotopic (exact) mass is 430 g/mol. The van der Waals surface area contributed by atoms with Gasteiger partial charge in [-0.2, -0.15) is 0 Å². The van der Waals surface area contributed by atoms with Crippen molar-refractivity contribution in [2.24, 2.45) is 0 Å². The Morgan fingerprint density at radius 1 is 1.10 bits per heavy atom. The van der Waals surface area contributed by atoms with Crippen molar-refractivity contribution in [2.45, 2.75) is 45.2 Å². The number of hydrogen-bond donors (Lipinski definition) is 3. The van der Waals surface area contributed by atoms with Crippen LogP contribution in [0.15, 0.2) is 41.3 Å². The lowest BCUT2D eigenvalue weighted by Gasteiger charge is -2.10. The molecular weight excluding hydrogens is 404 g/mol. The smallest absolute Gasteiger partial charge is 0.319 e. The van der Waals surface area contributed by atoms with Gasteiger partial charge in [-0.3, -0.25) is 0 Å². The molecule has 0 saturated heterocycles. The van der Waals surface area contributed by atoms with E-state index in [1.165, 1.54) is 12.1 Å². The molecule has 2 amide bonds. The average Bonchev–Trinajstić information content (AvgIpc) is 3.02. The van der Waals surface area contributed by atoms with Crippen LogP contribution in [-0.2, 0) is 16.6 Å². The van der Waals surface area contributed by atoms with Gasteiger partial charge in [0.15, 0.2) is 0 Å². The highest BCUT2D eigenvalue weighted by Crippen LogP contribution is 2.17. The predicted octanol–water partition coefficient (Wildman–Crippen LogP) is 2.56. The van der Waals surface area contributed by atoms with Crippen molar-refractivity contribution in [1.29, 1.82) is 0 Å². The number of carbonyl (C=O) groups excluding carboxylic acids is 1. The first-order valence-electron chi connectivity index (χ1n) is 9.63. The van der Waals surface area contributed by atoms with E-state index in [0.717, 1.165) is 16.8 Å². The molecule has 10 heteroatoms. The van der Waals surface area contributed by atoms with Crippen LogP contribution < -0.4 is 15.4 Å². The molecule has 9 nitrogen and oxygen atoms in total. The van der Waals surface area contributed by atoms with E-state index < -0.39 is 10.0 Å². The number of carbonyl (C=O) groups is 1. The zero-order chi connectivity index (χ0) is 21.9. The largest absolute Gasteiger partial charge is 0.336 e. The fourth-order valence-corrected chi connectivity index (χ4v) is 4.43. The zero-order valence-electron chi connectivity index (χ0n) is 17.4. The van der Waals surface area contributed by atoms with Gasteiger partial charge in [0.25, 0.3) is 0 Å². The maximum Gasteiger partial charge on any atom is 0.319 e. The molecule has 3 aromatic rings. The Morgan fingerprint density at radius 3 is 2.47 bits per heavy atom. The van der Waals surface area contributed by atoms with E-state index in [1.54, 1.807) is 24.6 Å². The Bertz CT molecular complexity index is 1150. The van der Waals surface area contributed by atoms with Crippen LogP contribution in [0.3, 0.4) is 0 Å². The summed E-state index contributed by atoms with van der Waals surface area (Å²) in [5.74, 6) is 0. The van der Waals surface area contributed by atoms with E-state index in [0.29, 0.717) is 24.1 Å². The molecule has 3 rings (SSSR count). The average molecular weight is 431 g/mol. The number of hydrogen-bond acceptors (Lipinski definition) is 5. The minimum atomic E-state index is -3.60. The first kappa shape index (κ1) is 21.7. The summed E-state index contributed by atoms with van der Waals surface area (Å²) in [4.78, 5) is 12.3. The number of benzene rings is 2. The van der Waals surface area contributed by atoms with Crippen LogP contribution in [-0.4, -0.2) is 42.0 Å². The number of fused-ring (bicyclic) bond motifs is 1. The van der Waals surface area contributed by atoms with E-state index in [4.69, 9.17) is 0 Å². The van der Waals surface area contributed by atoms with E-state index in [2.05, 4.69) is 25.7 Å². The molecule has 1 heterocycles. The van der Waals surface area contributed by atoms with Crippen molar-refractivity contribution < 1.29 is 13.2 Å². The minimum Gasteiger partial charge on any atom is -0.336 e. The van der Waals surface area contributed by atoms with Crippen LogP contribution in [0.4, 0.5) is 10.5 Å². The lowest BCUT2D eigenvalue weighted by Crippen LogP contribution is -2.31. The molecular formula is C20H26N6O3S. The lowest BCUT2D eigenvalue weighted by atomic mass is 10.1. The summed E-state index contributed by atoms with van der Waals surface area (Å²) >= 11 is 0. The van der Waals surface area contributed by atoms with Crippen LogP contribution in [0, 0.1) is 13.8 Å². The number of anilines is 1. The van der Waals surface area contributed by atoms with Crippen LogP contribution in [0.1, 0.15) is 25.0 Å². The second-order valence-corrected chi connectivity index (χ2v) is 9.21. The van der Waals surface area contributed by atoms with E-state index in [1.807, 2.05) is 32.0 Å². The number of aromatic nitrogens is 3. The number of nitrogens with zero attached hydrogens (tertiary/aromatic N) is 3. The number of aryl methyl sites for hydroxylation is 2. The van der Waals surface area contributed by atoms with Gasteiger partial charge in [0.1, 0.15) is 5.52 Å². The van der Waals surface area contributed by atoms with E-state index >= 15 is 0 Å². The van der Waals surface area contributed by atoms with Crippen LogP contribution in [0.5, 0.6) is 0 Å². The fraction of sp³-hybridized carbons (Fsp3) is 0.350. The number of sulfonamides is 1. The second-order valence-electron chi connectivity index (χ2n) is 7.50. The van der Waals surface area contributed by atoms with E-state index in [-0.39, 0.29) is 17.0 Å². The molecule has 160 valence electrons. The molecule has 1 aromatic heterocycles. The third-order valence-electron chi connectivity index (χ3n) is 4.28. The molecule has 0 aliphatic carbocycles. The highest BCUT2D eigenvalue weighted by atomic mass is 32.2. The topological polar surface area (TPSA) is 118 Å². The normalized spacial score (nSPS) is 11.8. The maximum absolute atomic E-state index is 12.3. The summed E-state index contributed by atoms with van der Waals surface area (Å²) in [6, 6.07) is 10.00. The molecule has 0 aliphatic rings. The number of rotatable bonds is 7. The van der Waals surface area contributed by atoms with E-state index in [9.17, 15) is 13.2 Å². The van der Waals surface area contributed by atoms with Gasteiger partial charge < -0.3 is 10.6 Å². The first-order valence-corrected chi connectivity index (χ1v) is 11.1. The molecule has 0 fully saturated rings. The molecule has 0 spiro atoms. The summed E-state index contributed by atoms with van der Waals surface area (Å²) in [6.07, 6.45) is 0. The summed E-state index contributed by atoms with van der Waals surface area (Å²) in [6.45, 7) is 8.20. The number of amides is 2. The van der Waals surface area contributed by atoms with Crippen LogP contribution >= 0.6 is 0 Å². The summed E-state index contributed by atoms with van der Waals surface area (Å²) in [7, 11) is -3.60. The second kappa shape index (κ2) is 8.80. The van der Waals surface area contributed by atoms with Crippen molar-refractivity contribution in [2.75, 3.05) is 11.9 Å². The SMILES string of the molecule is Cc1cc(C)cc(NC(=O)NCCn2nnc3cc(S(=O)(=O)NC(C)C)ccc32)c1. The van der Waals surface area contributed by atoms with Crippen molar-refractivity contribution >= 4 is 32.8 Å². The summed E-state index contributed by atoms with van der Waals surface area (Å²) in [5.41, 5.74) is 4.05. The van der Waals surface area contributed by atoms with Gasteiger partial charge in [-0.15, -0.1) is 5.10 Å². The molecule has 0 radical (unpaired) electrons. The minimum absolute atomic E-state index is 0.140. The highest BCUT2D eigenvalue weighted by molar-refractivity contribution is 7.89. The quantitative estimate of drug-likeness (QED) is 0.532. The van der Waals surface area contributed by atoms with Crippen molar-refractivity contribution in [3.63, 3.8) is 0 Å². The fourth-order valence-electron chi connectivity index (χ4n) is 3.16. The third-order valence-corrected chi connectivity index (χ3v) is 5.93. The molecule has 2 aromatic carbocycles. The predicted molar refractivity (Wildman–Crippen MR) is 116 cm³/mol. The standard InChI is InChI=1S/C20H26N6O3S/c1-13(2)24-30(28,29)17-5-6-19-18(12-17)23-25-26(19)8-7-21-20(27)22-16-10-14(3)9-15(4)11-16/h5-6,9-13,24H,7-8H2,1-4H3,(H2,21,22,27). The van der Waals surface area contributed by atoms with Gasteiger partial charge in [-0.25, -0.2) is 22.6 Å². The maximum atomic E-state index is 12.3. The van der Waals surface area contributed by atoms with Crippen LogP contribution in [0.25, 0.3) is 11.0 Å². The Kier molecular flexibility index (Phi) is 6.37. The van der Waals surface area contributed by atoms with Crippen molar-refractivity contribution in [3.05, 3.63) is 47.5 Å². The molecule has 30 heavy (non-hydrogen) atoms. The van der Waals surface area contributed by atoms with Crippen LogP contribution in [0.2, 0.25) is 0 Å². The Balaban J connectivity index is 1.62. The van der Waals surface area contributed by atoms with Crippen molar-refractivity contribution in [3.8, 4) is 0 Å². The third kappa shape index (κ3) is 5.33. The van der Waals surface area contributed by atoms with Gasteiger partial charge in [0.2, 0.25) is 10.0 Å². The van der Waals surface area contributed by atoms with Gasteiger partial charge >= 0.3 is 6.03 Å². The highest BCUT2D eigenvalue weighted by Gasteiger charge is 2.17. The zero-order valence-corrected chi connectivity index (χ0v) is 18.2. The van der Waals surface area contributed by atoms with Gasteiger partial charge in [-0.05, 0) is 69.2 Å². The number of urea groups is 1. The molecule has 0 aliphatic heterocycles. The first-order chi connectivity index (χ1) is 14.1. The van der Waals surface area contributed by atoms with Gasteiger partial charge in [-0.1, -0.05) is 11.3 Å².